The normalized spacial score (nSPS) is 19.2. The number of rotatable bonds is 1. The fourth-order valence-corrected chi connectivity index (χ4v) is 3.94. The van der Waals surface area contributed by atoms with E-state index in [-0.39, 0.29) is 12.1 Å². The van der Waals surface area contributed by atoms with Crippen LogP contribution in [0.1, 0.15) is 37.6 Å². The second kappa shape index (κ2) is 5.21. The van der Waals surface area contributed by atoms with Crippen LogP contribution < -0.4 is 5.32 Å². The van der Waals surface area contributed by atoms with E-state index in [1.807, 2.05) is 20.8 Å². The minimum Gasteiger partial charge on any atom is -0.444 e. The van der Waals surface area contributed by atoms with Crippen molar-refractivity contribution >= 4 is 33.4 Å². The van der Waals surface area contributed by atoms with Crippen molar-refractivity contribution < 1.29 is 9.53 Å². The molecule has 0 fully saturated rings. The number of fused-ring (bicyclic) bond motifs is 1. The molecular formula is C13H18BrNO2S. The Labute approximate surface area is 120 Å². The number of hydrogen-bond donors (Lipinski definition) is 1. The van der Waals surface area contributed by atoms with Crippen LogP contribution in [0.25, 0.3) is 0 Å². The van der Waals surface area contributed by atoms with Gasteiger partial charge in [0.05, 0.1) is 3.79 Å². The van der Waals surface area contributed by atoms with Crippen LogP contribution in [-0.2, 0) is 17.6 Å². The van der Waals surface area contributed by atoms with Crippen molar-refractivity contribution in [1.29, 1.82) is 0 Å². The Morgan fingerprint density at radius 1 is 1.56 bits per heavy atom. The van der Waals surface area contributed by atoms with Crippen molar-refractivity contribution in [3.63, 3.8) is 0 Å². The molecule has 5 heteroatoms. The number of halogens is 1. The number of alkyl carbamates (subject to hydrolysis) is 1. The van der Waals surface area contributed by atoms with Crippen molar-refractivity contribution in [3.8, 4) is 0 Å². The van der Waals surface area contributed by atoms with Crippen molar-refractivity contribution in [2.45, 2.75) is 51.7 Å². The third-order valence-electron chi connectivity index (χ3n) is 2.78. The Hall–Kier alpha value is -0.550. The molecule has 1 aromatic heterocycles. The average molecular weight is 332 g/mol. The lowest BCUT2D eigenvalue weighted by Crippen LogP contribution is -2.41. The lowest BCUT2D eigenvalue weighted by Gasteiger charge is -2.25. The molecule has 0 bridgehead atoms. The predicted octanol–water partition coefficient (Wildman–Crippen LogP) is 3.89. The predicted molar refractivity (Wildman–Crippen MR) is 77.2 cm³/mol. The summed E-state index contributed by atoms with van der Waals surface area (Å²) < 4.78 is 6.45. The molecule has 1 aromatic rings. The zero-order valence-corrected chi connectivity index (χ0v) is 13.3. The van der Waals surface area contributed by atoms with Gasteiger partial charge in [-0.25, -0.2) is 4.79 Å². The number of aryl methyl sites for hydroxylation is 1. The molecule has 0 aliphatic heterocycles. The van der Waals surface area contributed by atoms with Gasteiger partial charge in [0.15, 0.2) is 0 Å². The largest absolute Gasteiger partial charge is 0.444 e. The van der Waals surface area contributed by atoms with Gasteiger partial charge in [0.25, 0.3) is 0 Å². The molecule has 0 spiro atoms. The average Bonchev–Trinajstić information content (AvgIpc) is 2.53. The van der Waals surface area contributed by atoms with Gasteiger partial charge in [-0.2, -0.15) is 0 Å². The van der Waals surface area contributed by atoms with E-state index in [4.69, 9.17) is 4.74 Å². The van der Waals surface area contributed by atoms with Crippen molar-refractivity contribution in [1.82, 2.24) is 5.32 Å². The number of carbonyl (C=O) groups is 1. The van der Waals surface area contributed by atoms with Gasteiger partial charge in [-0.3, -0.25) is 0 Å². The summed E-state index contributed by atoms with van der Waals surface area (Å²) in [6.45, 7) is 5.63. The molecule has 0 aromatic carbocycles. The molecule has 0 saturated carbocycles. The highest BCUT2D eigenvalue weighted by atomic mass is 79.9. The van der Waals surface area contributed by atoms with Crippen molar-refractivity contribution in [3.05, 3.63) is 20.3 Å². The molecule has 2 rings (SSSR count). The summed E-state index contributed by atoms with van der Waals surface area (Å²) in [7, 11) is 0. The first-order chi connectivity index (χ1) is 8.33. The smallest absolute Gasteiger partial charge is 0.407 e. The second-order valence-electron chi connectivity index (χ2n) is 5.58. The van der Waals surface area contributed by atoms with E-state index < -0.39 is 5.60 Å². The van der Waals surface area contributed by atoms with Gasteiger partial charge in [0.1, 0.15) is 5.60 Å². The highest BCUT2D eigenvalue weighted by Crippen LogP contribution is 2.32. The van der Waals surface area contributed by atoms with Crippen LogP contribution in [0.15, 0.2) is 9.85 Å². The molecule has 18 heavy (non-hydrogen) atoms. The highest BCUT2D eigenvalue weighted by molar-refractivity contribution is 9.11. The molecule has 1 heterocycles. The first-order valence-electron chi connectivity index (χ1n) is 6.10. The van der Waals surface area contributed by atoms with Crippen LogP contribution in [0.3, 0.4) is 0 Å². The van der Waals surface area contributed by atoms with E-state index >= 15 is 0 Å². The maximum atomic E-state index is 11.7. The standard InChI is InChI=1S/C13H18BrNO2S/c1-13(2,3)17-12(16)15-9-5-4-8-6-11(14)18-10(8)7-9/h6,9H,4-5,7H2,1-3H3,(H,15,16). The van der Waals surface area contributed by atoms with Gasteiger partial charge in [-0.1, -0.05) is 0 Å². The van der Waals surface area contributed by atoms with Crippen molar-refractivity contribution in [2.75, 3.05) is 0 Å². The van der Waals surface area contributed by atoms with Gasteiger partial charge in [0, 0.05) is 17.3 Å². The molecule has 1 N–H and O–H groups in total. The van der Waals surface area contributed by atoms with E-state index in [0.29, 0.717) is 0 Å². The third kappa shape index (κ3) is 3.72. The van der Waals surface area contributed by atoms with E-state index in [1.165, 1.54) is 14.2 Å². The quantitative estimate of drug-likeness (QED) is 0.847. The number of hydrogen-bond acceptors (Lipinski definition) is 3. The fraction of sp³-hybridized carbons (Fsp3) is 0.615. The SMILES string of the molecule is CC(C)(C)OC(=O)NC1CCc2cc(Br)sc2C1. The van der Waals surface area contributed by atoms with E-state index in [2.05, 4.69) is 27.3 Å². The Morgan fingerprint density at radius 2 is 2.28 bits per heavy atom. The second-order valence-corrected chi connectivity index (χ2v) is 8.10. The molecule has 100 valence electrons. The molecule has 0 radical (unpaired) electrons. The summed E-state index contributed by atoms with van der Waals surface area (Å²) in [5, 5.41) is 2.96. The summed E-state index contributed by atoms with van der Waals surface area (Å²) in [6, 6.07) is 2.38. The van der Waals surface area contributed by atoms with Crippen LogP contribution in [0, 0.1) is 0 Å². The molecule has 1 aliphatic rings. The van der Waals surface area contributed by atoms with Gasteiger partial charge in [-0.15, -0.1) is 11.3 Å². The van der Waals surface area contributed by atoms with Crippen LogP contribution in [0.4, 0.5) is 4.79 Å². The summed E-state index contributed by atoms with van der Waals surface area (Å²) in [6.07, 6.45) is 2.60. The van der Waals surface area contributed by atoms with Gasteiger partial charge >= 0.3 is 6.09 Å². The van der Waals surface area contributed by atoms with E-state index in [1.54, 1.807) is 11.3 Å². The molecule has 3 nitrogen and oxygen atoms in total. The molecule has 1 atom stereocenters. The number of ether oxygens (including phenoxy) is 1. The molecular weight excluding hydrogens is 314 g/mol. The molecule has 1 unspecified atom stereocenters. The Balaban J connectivity index is 1.91. The van der Waals surface area contributed by atoms with E-state index in [0.717, 1.165) is 19.3 Å². The maximum Gasteiger partial charge on any atom is 0.407 e. The fourth-order valence-electron chi connectivity index (χ4n) is 2.07. The maximum absolute atomic E-state index is 11.7. The molecule has 0 saturated heterocycles. The van der Waals surface area contributed by atoms with Crippen LogP contribution in [-0.4, -0.2) is 17.7 Å². The molecule has 1 aliphatic carbocycles. The number of thiophene rings is 1. The number of nitrogens with one attached hydrogen (secondary N) is 1. The third-order valence-corrected chi connectivity index (χ3v) is 4.48. The van der Waals surface area contributed by atoms with Gasteiger partial charge in [0.2, 0.25) is 0 Å². The lowest BCUT2D eigenvalue weighted by atomic mass is 9.95. The highest BCUT2D eigenvalue weighted by Gasteiger charge is 2.24. The van der Waals surface area contributed by atoms with Crippen LogP contribution in [0.2, 0.25) is 0 Å². The van der Waals surface area contributed by atoms with Gasteiger partial charge < -0.3 is 10.1 Å². The topological polar surface area (TPSA) is 38.3 Å². The number of carbonyl (C=O) groups excluding carboxylic acids is 1. The monoisotopic (exact) mass is 331 g/mol. The lowest BCUT2D eigenvalue weighted by molar-refractivity contribution is 0.0500. The zero-order valence-electron chi connectivity index (χ0n) is 10.9. The zero-order chi connectivity index (χ0) is 13.3. The van der Waals surface area contributed by atoms with Gasteiger partial charge in [-0.05, 0) is 61.2 Å². The summed E-state index contributed by atoms with van der Waals surface area (Å²) in [5.74, 6) is 0. The first kappa shape index (κ1) is 13.9. The van der Waals surface area contributed by atoms with Crippen molar-refractivity contribution in [2.24, 2.45) is 0 Å². The minimum absolute atomic E-state index is 0.192. The number of amides is 1. The first-order valence-corrected chi connectivity index (χ1v) is 7.71. The Morgan fingerprint density at radius 3 is 2.94 bits per heavy atom. The molecule has 1 amide bonds. The Kier molecular flexibility index (Phi) is 4.02. The summed E-state index contributed by atoms with van der Waals surface area (Å²) in [4.78, 5) is 13.1. The van der Waals surface area contributed by atoms with Crippen LogP contribution in [0.5, 0.6) is 0 Å². The summed E-state index contributed by atoms with van der Waals surface area (Å²) in [5.41, 5.74) is 0.977. The van der Waals surface area contributed by atoms with Crippen LogP contribution >= 0.6 is 27.3 Å². The summed E-state index contributed by atoms with van der Waals surface area (Å²) >= 11 is 5.27. The Bertz CT molecular complexity index is 450. The minimum atomic E-state index is -0.435. The van der Waals surface area contributed by atoms with E-state index in [9.17, 15) is 4.79 Å².